The summed E-state index contributed by atoms with van der Waals surface area (Å²) in [7, 11) is -1.80. The molecular formula is C17H30N2O3Si. The number of rotatable bonds is 6. The summed E-state index contributed by atoms with van der Waals surface area (Å²) in [4.78, 5) is 15.4. The van der Waals surface area contributed by atoms with Gasteiger partial charge in [-0.2, -0.15) is 0 Å². The van der Waals surface area contributed by atoms with Gasteiger partial charge in [-0.3, -0.25) is 10.3 Å². The maximum absolute atomic E-state index is 11.1. The second kappa shape index (κ2) is 7.44. The molecule has 0 fully saturated rings. The summed E-state index contributed by atoms with van der Waals surface area (Å²) in [6.45, 7) is 15.7. The van der Waals surface area contributed by atoms with Crippen LogP contribution in [0.25, 0.3) is 0 Å². The Morgan fingerprint density at radius 3 is 2.48 bits per heavy atom. The van der Waals surface area contributed by atoms with E-state index in [9.17, 15) is 4.79 Å². The number of nitrogens with zero attached hydrogens (tertiary/aromatic N) is 1. The molecule has 0 aliphatic heterocycles. The molecular weight excluding hydrogens is 308 g/mol. The number of hydrogen-bond donors (Lipinski definition) is 2. The fraction of sp³-hybridized carbons (Fsp3) is 0.647. The van der Waals surface area contributed by atoms with E-state index in [1.807, 2.05) is 19.9 Å². The Balaban J connectivity index is 2.92. The molecule has 1 rings (SSSR count). The minimum atomic E-state index is -1.80. The average molecular weight is 339 g/mol. The fourth-order valence-corrected chi connectivity index (χ4v) is 3.10. The lowest BCUT2D eigenvalue weighted by atomic mass is 10.0. The molecule has 0 atom stereocenters. The molecule has 1 aromatic rings. The van der Waals surface area contributed by atoms with Crippen LogP contribution in [-0.4, -0.2) is 31.1 Å². The van der Waals surface area contributed by atoms with Gasteiger partial charge in [0.15, 0.2) is 8.32 Å². The monoisotopic (exact) mass is 338 g/mol. The van der Waals surface area contributed by atoms with Gasteiger partial charge in [0.1, 0.15) is 0 Å². The predicted molar refractivity (Wildman–Crippen MR) is 96.8 cm³/mol. The lowest BCUT2D eigenvalue weighted by Crippen LogP contribution is -2.41. The highest BCUT2D eigenvalue weighted by Crippen LogP contribution is 2.36. The van der Waals surface area contributed by atoms with Crippen LogP contribution in [0.5, 0.6) is 0 Å². The quantitative estimate of drug-likeness (QED) is 0.727. The number of nitrogens with one attached hydrogen (secondary N) is 1. The van der Waals surface area contributed by atoms with Crippen molar-refractivity contribution in [1.82, 2.24) is 4.98 Å². The molecule has 2 N–H and O–H groups in total. The van der Waals surface area contributed by atoms with Crippen molar-refractivity contribution < 1.29 is 14.3 Å². The van der Waals surface area contributed by atoms with Crippen LogP contribution in [0, 0.1) is 0 Å². The first kappa shape index (κ1) is 19.6. The lowest BCUT2D eigenvalue weighted by Gasteiger charge is -2.36. The third kappa shape index (κ3) is 5.32. The van der Waals surface area contributed by atoms with Gasteiger partial charge in [-0.05, 0) is 42.1 Å². The first-order chi connectivity index (χ1) is 10.5. The minimum Gasteiger partial charge on any atom is -0.465 e. The Bertz CT molecular complexity index is 551. The van der Waals surface area contributed by atoms with Crippen molar-refractivity contribution in [3.05, 3.63) is 23.5 Å². The molecule has 1 amide bonds. The molecule has 0 spiro atoms. The van der Waals surface area contributed by atoms with Crippen LogP contribution in [0.3, 0.4) is 0 Å². The zero-order valence-corrected chi connectivity index (χ0v) is 16.4. The topological polar surface area (TPSA) is 71.5 Å². The Morgan fingerprint density at radius 2 is 2.00 bits per heavy atom. The number of anilines is 1. The van der Waals surface area contributed by atoms with E-state index in [-0.39, 0.29) is 11.0 Å². The van der Waals surface area contributed by atoms with Gasteiger partial charge in [0, 0.05) is 12.8 Å². The molecule has 1 aromatic heterocycles. The maximum atomic E-state index is 11.1. The molecule has 0 radical (unpaired) electrons. The van der Waals surface area contributed by atoms with Gasteiger partial charge in [0.05, 0.1) is 11.4 Å². The number of amides is 1. The van der Waals surface area contributed by atoms with E-state index in [2.05, 4.69) is 44.2 Å². The Kier molecular flexibility index (Phi) is 6.36. The zero-order valence-electron chi connectivity index (χ0n) is 15.4. The highest BCUT2D eigenvalue weighted by molar-refractivity contribution is 6.74. The summed E-state index contributed by atoms with van der Waals surface area (Å²) >= 11 is 0. The van der Waals surface area contributed by atoms with Crippen molar-refractivity contribution in [1.29, 1.82) is 0 Å². The summed E-state index contributed by atoms with van der Waals surface area (Å²) in [5, 5.41) is 11.8. The van der Waals surface area contributed by atoms with E-state index in [4.69, 9.17) is 9.53 Å². The minimum absolute atomic E-state index is 0.151. The van der Waals surface area contributed by atoms with Crippen LogP contribution in [0.15, 0.2) is 12.3 Å². The van der Waals surface area contributed by atoms with Crippen molar-refractivity contribution in [3.63, 3.8) is 0 Å². The molecule has 0 saturated carbocycles. The van der Waals surface area contributed by atoms with E-state index < -0.39 is 14.4 Å². The lowest BCUT2D eigenvalue weighted by molar-refractivity contribution is 0.209. The summed E-state index contributed by atoms with van der Waals surface area (Å²) in [5.74, 6) is 0.151. The van der Waals surface area contributed by atoms with Crippen molar-refractivity contribution in [2.45, 2.75) is 65.1 Å². The van der Waals surface area contributed by atoms with E-state index in [1.54, 1.807) is 6.20 Å². The predicted octanol–water partition coefficient (Wildman–Crippen LogP) is 4.86. The average Bonchev–Trinajstić information content (AvgIpc) is 2.38. The molecule has 0 bridgehead atoms. The van der Waals surface area contributed by atoms with Crippen LogP contribution in [0.1, 0.15) is 51.8 Å². The summed E-state index contributed by atoms with van der Waals surface area (Å²) in [5.41, 5.74) is 2.32. The first-order valence-electron chi connectivity index (χ1n) is 8.07. The van der Waals surface area contributed by atoms with Crippen molar-refractivity contribution in [2.24, 2.45) is 0 Å². The summed E-state index contributed by atoms with van der Waals surface area (Å²) < 4.78 is 6.20. The Morgan fingerprint density at radius 1 is 1.39 bits per heavy atom. The Labute approximate surface area is 140 Å². The molecule has 0 unspecified atom stereocenters. The van der Waals surface area contributed by atoms with Gasteiger partial charge < -0.3 is 9.53 Å². The standard InChI is InChI=1S/C17H30N2O3Si/c1-12(2)14-15(19-16(20)21)13(8-10-18-14)9-11-22-23(6,7)17(3,4)5/h8,10,12,19H,9,11H2,1-7H3,(H,20,21). The van der Waals surface area contributed by atoms with Gasteiger partial charge in [-0.15, -0.1) is 0 Å². The van der Waals surface area contributed by atoms with Gasteiger partial charge in [-0.1, -0.05) is 34.6 Å². The molecule has 0 aliphatic rings. The molecule has 5 nitrogen and oxygen atoms in total. The molecule has 23 heavy (non-hydrogen) atoms. The van der Waals surface area contributed by atoms with Crippen molar-refractivity contribution in [3.8, 4) is 0 Å². The van der Waals surface area contributed by atoms with E-state index >= 15 is 0 Å². The maximum Gasteiger partial charge on any atom is 0.409 e. The normalized spacial score (nSPS) is 12.5. The van der Waals surface area contributed by atoms with Crippen LogP contribution in [-0.2, 0) is 10.8 Å². The number of pyridine rings is 1. The molecule has 130 valence electrons. The van der Waals surface area contributed by atoms with Crippen LogP contribution >= 0.6 is 0 Å². The molecule has 1 heterocycles. The van der Waals surface area contributed by atoms with Crippen LogP contribution < -0.4 is 5.32 Å². The second-order valence-electron chi connectivity index (χ2n) is 7.67. The molecule has 0 saturated heterocycles. The molecule has 0 aliphatic carbocycles. The third-order valence-corrected chi connectivity index (χ3v) is 9.02. The second-order valence-corrected chi connectivity index (χ2v) is 12.5. The number of carboxylic acid groups (broad SMARTS) is 1. The third-order valence-electron chi connectivity index (χ3n) is 4.49. The zero-order chi connectivity index (χ0) is 17.8. The van der Waals surface area contributed by atoms with Crippen LogP contribution in [0.2, 0.25) is 18.1 Å². The van der Waals surface area contributed by atoms with Crippen molar-refractivity contribution >= 4 is 20.1 Å². The fourth-order valence-electron chi connectivity index (χ4n) is 2.05. The highest BCUT2D eigenvalue weighted by Gasteiger charge is 2.36. The SMILES string of the molecule is CC(C)c1nccc(CCO[Si](C)(C)C(C)(C)C)c1NC(=O)O. The number of aromatic nitrogens is 1. The number of carbonyl (C=O) groups is 1. The van der Waals surface area contributed by atoms with Gasteiger partial charge in [0.2, 0.25) is 0 Å². The van der Waals surface area contributed by atoms with Gasteiger partial charge in [-0.25, -0.2) is 4.79 Å². The summed E-state index contributed by atoms with van der Waals surface area (Å²) in [6.07, 6.45) is 1.35. The molecule has 6 heteroatoms. The molecule has 0 aromatic carbocycles. The van der Waals surface area contributed by atoms with E-state index in [0.717, 1.165) is 11.3 Å². The summed E-state index contributed by atoms with van der Waals surface area (Å²) in [6, 6.07) is 1.87. The Hall–Kier alpha value is -1.40. The first-order valence-corrected chi connectivity index (χ1v) is 11.0. The van der Waals surface area contributed by atoms with Gasteiger partial charge in [0.25, 0.3) is 0 Å². The van der Waals surface area contributed by atoms with Gasteiger partial charge >= 0.3 is 6.09 Å². The largest absolute Gasteiger partial charge is 0.465 e. The highest BCUT2D eigenvalue weighted by atomic mass is 28.4. The van der Waals surface area contributed by atoms with Crippen LogP contribution in [0.4, 0.5) is 10.5 Å². The van der Waals surface area contributed by atoms with E-state index in [1.165, 1.54) is 0 Å². The number of hydrogen-bond acceptors (Lipinski definition) is 3. The van der Waals surface area contributed by atoms with E-state index in [0.29, 0.717) is 18.7 Å². The van der Waals surface area contributed by atoms with Crippen molar-refractivity contribution in [2.75, 3.05) is 11.9 Å². The smallest absolute Gasteiger partial charge is 0.409 e.